The van der Waals surface area contributed by atoms with E-state index in [1.165, 1.54) is 10.9 Å². The first-order valence-electron chi connectivity index (χ1n) is 8.93. The predicted molar refractivity (Wildman–Crippen MR) is 98.3 cm³/mol. The first kappa shape index (κ1) is 16.8. The van der Waals surface area contributed by atoms with Gasteiger partial charge in [0.05, 0.1) is 0 Å². The van der Waals surface area contributed by atoms with Crippen molar-refractivity contribution >= 4 is 16.9 Å². The minimum Gasteiger partial charge on any atom is -0.361 e. The lowest BCUT2D eigenvalue weighted by Crippen LogP contribution is -2.52. The number of aromatic amines is 1. The number of fused-ring (bicyclic) bond motifs is 1. The Hall–Kier alpha value is -2.01. The van der Waals surface area contributed by atoms with E-state index in [-0.39, 0.29) is 6.03 Å². The van der Waals surface area contributed by atoms with Crippen molar-refractivity contribution in [3.63, 3.8) is 0 Å². The lowest BCUT2D eigenvalue weighted by atomic mass is 10.1. The second-order valence-corrected chi connectivity index (χ2v) is 7.02. The highest BCUT2D eigenvalue weighted by Gasteiger charge is 2.21. The molecule has 3 rings (SSSR count). The number of benzene rings is 1. The second kappa shape index (κ2) is 7.71. The summed E-state index contributed by atoms with van der Waals surface area (Å²) in [5.74, 6) is 0.682. The van der Waals surface area contributed by atoms with Gasteiger partial charge in [-0.05, 0) is 24.0 Å². The van der Waals surface area contributed by atoms with Crippen molar-refractivity contribution in [3.8, 4) is 0 Å². The third-order valence-electron chi connectivity index (χ3n) is 4.63. The SMILES string of the molecule is CC(C)CN1CCN(C(=O)NCCc2c[nH]c3ccccc23)CC1. The number of amides is 2. The van der Waals surface area contributed by atoms with Crippen LogP contribution in [0.2, 0.25) is 0 Å². The summed E-state index contributed by atoms with van der Waals surface area (Å²) in [5, 5.41) is 4.31. The highest BCUT2D eigenvalue weighted by Crippen LogP contribution is 2.17. The van der Waals surface area contributed by atoms with Crippen LogP contribution < -0.4 is 5.32 Å². The summed E-state index contributed by atoms with van der Waals surface area (Å²) in [6.07, 6.45) is 2.89. The number of carbonyl (C=O) groups is 1. The van der Waals surface area contributed by atoms with Crippen LogP contribution >= 0.6 is 0 Å². The molecule has 2 N–H and O–H groups in total. The molecule has 1 aliphatic rings. The fourth-order valence-electron chi connectivity index (χ4n) is 3.40. The first-order valence-corrected chi connectivity index (χ1v) is 8.93. The average Bonchev–Trinajstić information content (AvgIpc) is 2.98. The molecule has 0 spiro atoms. The van der Waals surface area contributed by atoms with Crippen LogP contribution in [0.4, 0.5) is 4.79 Å². The molecule has 1 saturated heterocycles. The van der Waals surface area contributed by atoms with E-state index in [1.54, 1.807) is 0 Å². The van der Waals surface area contributed by atoms with Gasteiger partial charge in [-0.3, -0.25) is 4.90 Å². The van der Waals surface area contributed by atoms with Gasteiger partial charge in [0.1, 0.15) is 0 Å². The molecule has 130 valence electrons. The Morgan fingerprint density at radius 3 is 2.71 bits per heavy atom. The summed E-state index contributed by atoms with van der Waals surface area (Å²) in [6.45, 7) is 9.88. The number of para-hydroxylation sites is 1. The molecule has 24 heavy (non-hydrogen) atoms. The maximum absolute atomic E-state index is 12.3. The van der Waals surface area contributed by atoms with E-state index in [1.807, 2.05) is 17.2 Å². The Kier molecular flexibility index (Phi) is 5.41. The molecule has 1 aromatic carbocycles. The van der Waals surface area contributed by atoms with Crippen molar-refractivity contribution in [2.45, 2.75) is 20.3 Å². The van der Waals surface area contributed by atoms with E-state index < -0.39 is 0 Å². The van der Waals surface area contributed by atoms with Gasteiger partial charge in [0.15, 0.2) is 0 Å². The summed E-state index contributed by atoms with van der Waals surface area (Å²) < 4.78 is 0. The molecule has 1 aliphatic heterocycles. The number of urea groups is 1. The Balaban J connectivity index is 1.43. The Morgan fingerprint density at radius 2 is 1.96 bits per heavy atom. The fraction of sp³-hybridized carbons (Fsp3) is 0.526. The van der Waals surface area contributed by atoms with Gasteiger partial charge in [-0.2, -0.15) is 0 Å². The van der Waals surface area contributed by atoms with Gasteiger partial charge < -0.3 is 15.2 Å². The monoisotopic (exact) mass is 328 g/mol. The average molecular weight is 328 g/mol. The van der Waals surface area contributed by atoms with E-state index in [2.05, 4.69) is 47.2 Å². The molecule has 2 aromatic rings. The topological polar surface area (TPSA) is 51.4 Å². The van der Waals surface area contributed by atoms with Crippen LogP contribution in [-0.4, -0.2) is 60.1 Å². The molecule has 0 radical (unpaired) electrons. The number of hydrogen-bond donors (Lipinski definition) is 2. The van der Waals surface area contributed by atoms with Crippen LogP contribution in [-0.2, 0) is 6.42 Å². The molecule has 0 atom stereocenters. The molecule has 5 heteroatoms. The van der Waals surface area contributed by atoms with E-state index in [9.17, 15) is 4.79 Å². The number of aromatic nitrogens is 1. The number of nitrogens with one attached hydrogen (secondary N) is 2. The summed E-state index contributed by atoms with van der Waals surface area (Å²) in [4.78, 5) is 20.0. The fourth-order valence-corrected chi connectivity index (χ4v) is 3.40. The van der Waals surface area contributed by atoms with Crippen LogP contribution in [0, 0.1) is 5.92 Å². The quantitative estimate of drug-likeness (QED) is 0.887. The normalized spacial score (nSPS) is 16.0. The summed E-state index contributed by atoms with van der Waals surface area (Å²) in [5.41, 5.74) is 2.41. The van der Waals surface area contributed by atoms with Crippen LogP contribution in [0.15, 0.2) is 30.5 Å². The van der Waals surface area contributed by atoms with Gasteiger partial charge in [-0.15, -0.1) is 0 Å². The lowest BCUT2D eigenvalue weighted by molar-refractivity contribution is 0.131. The standard InChI is InChI=1S/C19H28N4O/c1-15(2)14-22-9-11-23(12-10-22)19(24)20-8-7-16-13-21-18-6-4-3-5-17(16)18/h3-6,13,15,21H,7-12,14H2,1-2H3,(H,20,24). The number of carbonyl (C=O) groups excluding carboxylic acids is 1. The minimum absolute atomic E-state index is 0.0686. The van der Waals surface area contributed by atoms with Crippen LogP contribution in [0.1, 0.15) is 19.4 Å². The van der Waals surface area contributed by atoms with Gasteiger partial charge in [0.2, 0.25) is 0 Å². The Labute approximate surface area is 144 Å². The van der Waals surface area contributed by atoms with Crippen molar-refractivity contribution in [1.29, 1.82) is 0 Å². The Morgan fingerprint density at radius 1 is 1.21 bits per heavy atom. The highest BCUT2D eigenvalue weighted by molar-refractivity contribution is 5.83. The molecule has 0 aliphatic carbocycles. The van der Waals surface area contributed by atoms with E-state index in [0.29, 0.717) is 12.5 Å². The highest BCUT2D eigenvalue weighted by atomic mass is 16.2. The van der Waals surface area contributed by atoms with Crippen LogP contribution in [0.3, 0.4) is 0 Å². The minimum atomic E-state index is 0.0686. The van der Waals surface area contributed by atoms with Crippen molar-refractivity contribution < 1.29 is 4.79 Å². The number of nitrogens with zero attached hydrogens (tertiary/aromatic N) is 2. The maximum Gasteiger partial charge on any atom is 0.317 e. The molecule has 2 amide bonds. The number of rotatable bonds is 5. The zero-order valence-electron chi connectivity index (χ0n) is 14.7. The van der Waals surface area contributed by atoms with Gasteiger partial charge in [-0.1, -0.05) is 32.0 Å². The molecular weight excluding hydrogens is 300 g/mol. The number of piperazine rings is 1. The van der Waals surface area contributed by atoms with Crippen LogP contribution in [0.25, 0.3) is 10.9 Å². The first-order chi connectivity index (χ1) is 11.6. The lowest BCUT2D eigenvalue weighted by Gasteiger charge is -2.35. The second-order valence-electron chi connectivity index (χ2n) is 7.02. The van der Waals surface area contributed by atoms with Crippen molar-refractivity contribution in [3.05, 3.63) is 36.0 Å². The number of H-pyrrole nitrogens is 1. The summed E-state index contributed by atoms with van der Waals surface area (Å²) in [6, 6.07) is 8.35. The van der Waals surface area contributed by atoms with E-state index >= 15 is 0 Å². The summed E-state index contributed by atoms with van der Waals surface area (Å²) >= 11 is 0. The molecule has 5 nitrogen and oxygen atoms in total. The van der Waals surface area contributed by atoms with Crippen LogP contribution in [0.5, 0.6) is 0 Å². The van der Waals surface area contributed by atoms with Gasteiger partial charge in [0, 0.05) is 56.4 Å². The van der Waals surface area contributed by atoms with Crippen molar-refractivity contribution in [1.82, 2.24) is 20.1 Å². The zero-order valence-corrected chi connectivity index (χ0v) is 14.7. The predicted octanol–water partition coefficient (Wildman–Crippen LogP) is 2.69. The largest absolute Gasteiger partial charge is 0.361 e. The third kappa shape index (κ3) is 4.09. The molecule has 0 bridgehead atoms. The molecule has 1 fully saturated rings. The Bertz CT molecular complexity index is 671. The van der Waals surface area contributed by atoms with Gasteiger partial charge in [-0.25, -0.2) is 4.79 Å². The molecule has 1 aromatic heterocycles. The molecular formula is C19H28N4O. The van der Waals surface area contributed by atoms with Gasteiger partial charge >= 0.3 is 6.03 Å². The molecule has 0 saturated carbocycles. The maximum atomic E-state index is 12.3. The summed E-state index contributed by atoms with van der Waals surface area (Å²) in [7, 11) is 0. The van der Waals surface area contributed by atoms with Crippen molar-refractivity contribution in [2.24, 2.45) is 5.92 Å². The number of hydrogen-bond acceptors (Lipinski definition) is 2. The van der Waals surface area contributed by atoms with E-state index in [4.69, 9.17) is 0 Å². The molecule has 2 heterocycles. The van der Waals surface area contributed by atoms with Crippen molar-refractivity contribution in [2.75, 3.05) is 39.3 Å². The smallest absolute Gasteiger partial charge is 0.317 e. The molecule has 0 unspecified atom stereocenters. The zero-order chi connectivity index (χ0) is 16.9. The van der Waals surface area contributed by atoms with E-state index in [0.717, 1.165) is 44.7 Å². The third-order valence-corrected chi connectivity index (χ3v) is 4.63. The van der Waals surface area contributed by atoms with Gasteiger partial charge in [0.25, 0.3) is 0 Å².